The first-order chi connectivity index (χ1) is 17.9. The van der Waals surface area contributed by atoms with Crippen LogP contribution in [-0.4, -0.2) is 81.4 Å². The van der Waals surface area contributed by atoms with Gasteiger partial charge in [-0.2, -0.15) is 0 Å². The molecular formula is C23H22ClF3N8O2. The normalized spacial score (nSPS) is 17.7. The minimum absolute atomic E-state index is 0.0130. The van der Waals surface area contributed by atoms with E-state index >= 15 is 0 Å². The number of aromatic nitrogens is 5. The van der Waals surface area contributed by atoms with Crippen molar-refractivity contribution in [2.45, 2.75) is 19.2 Å². The van der Waals surface area contributed by atoms with Crippen molar-refractivity contribution in [3.05, 3.63) is 53.0 Å². The number of carbonyl (C=O) groups is 1. The molecule has 1 aromatic carbocycles. The van der Waals surface area contributed by atoms with Crippen LogP contribution < -0.4 is 9.80 Å². The number of fused-ring (bicyclic) bond motifs is 3. The molecule has 0 unspecified atom stereocenters. The summed E-state index contributed by atoms with van der Waals surface area (Å²) in [6.45, 7) is 0.627. The summed E-state index contributed by atoms with van der Waals surface area (Å²) in [6, 6.07) is 5.30. The average Bonchev–Trinajstić information content (AvgIpc) is 3.16. The molecule has 194 valence electrons. The summed E-state index contributed by atoms with van der Waals surface area (Å²) in [4.78, 5) is 25.8. The highest BCUT2D eigenvalue weighted by atomic mass is 35.5. The molecule has 2 fully saturated rings. The summed E-state index contributed by atoms with van der Waals surface area (Å²) < 4.78 is 46.8. The van der Waals surface area contributed by atoms with Gasteiger partial charge in [0.05, 0.1) is 25.0 Å². The van der Waals surface area contributed by atoms with Gasteiger partial charge in [-0.1, -0.05) is 11.6 Å². The fraction of sp³-hybridized carbons (Fsp3) is 0.435. The van der Waals surface area contributed by atoms with Gasteiger partial charge in [-0.3, -0.25) is 9.47 Å². The molecule has 0 N–H and O–H groups in total. The molecule has 0 bridgehead atoms. The van der Waals surface area contributed by atoms with Gasteiger partial charge in [0.1, 0.15) is 19.7 Å². The maximum absolute atomic E-state index is 14.0. The van der Waals surface area contributed by atoms with E-state index in [2.05, 4.69) is 25.1 Å². The highest BCUT2D eigenvalue weighted by molar-refractivity contribution is 6.30. The molecule has 10 nitrogen and oxygen atoms in total. The largest absolute Gasteiger partial charge is 0.440 e. The number of rotatable bonds is 5. The van der Waals surface area contributed by atoms with Crippen LogP contribution in [0, 0.1) is 11.2 Å². The van der Waals surface area contributed by atoms with Gasteiger partial charge in [0, 0.05) is 36.6 Å². The Hall–Kier alpha value is -3.61. The Morgan fingerprint density at radius 1 is 1.11 bits per heavy atom. The fourth-order valence-electron chi connectivity index (χ4n) is 5.20. The molecule has 0 radical (unpaired) electrons. The van der Waals surface area contributed by atoms with Gasteiger partial charge in [-0.25, -0.2) is 27.9 Å². The molecule has 0 atom stereocenters. The fourth-order valence-corrected chi connectivity index (χ4v) is 5.39. The molecule has 2 saturated heterocycles. The number of nitrogens with zero attached hydrogens (tertiary/aromatic N) is 8. The van der Waals surface area contributed by atoms with E-state index in [4.69, 9.17) is 16.3 Å². The second kappa shape index (κ2) is 9.05. The summed E-state index contributed by atoms with van der Waals surface area (Å²) in [7, 11) is 0. The number of hydrogen-bond acceptors (Lipinski definition) is 8. The van der Waals surface area contributed by atoms with Crippen molar-refractivity contribution in [1.29, 1.82) is 0 Å². The first-order valence-corrected chi connectivity index (χ1v) is 12.0. The average molecular weight is 535 g/mol. The quantitative estimate of drug-likeness (QED) is 0.493. The topological polar surface area (TPSA) is 92.5 Å². The zero-order valence-electron chi connectivity index (χ0n) is 19.5. The molecule has 14 heteroatoms. The van der Waals surface area contributed by atoms with E-state index < -0.39 is 31.4 Å². The molecule has 1 amide bonds. The summed E-state index contributed by atoms with van der Waals surface area (Å²) in [5.41, 5.74) is 1.45. The Morgan fingerprint density at radius 3 is 2.59 bits per heavy atom. The van der Waals surface area contributed by atoms with Crippen LogP contribution in [0.1, 0.15) is 11.4 Å². The molecular weight excluding hydrogens is 513 g/mol. The predicted molar refractivity (Wildman–Crippen MR) is 127 cm³/mol. The Balaban J connectivity index is 1.23. The minimum atomic E-state index is -1.46. The molecule has 1 spiro atoms. The van der Waals surface area contributed by atoms with Crippen molar-refractivity contribution in [2.75, 3.05) is 49.3 Å². The Kier molecular flexibility index (Phi) is 5.81. The first kappa shape index (κ1) is 23.8. The van der Waals surface area contributed by atoms with E-state index in [0.717, 1.165) is 11.9 Å². The van der Waals surface area contributed by atoms with E-state index in [1.165, 1.54) is 11.2 Å². The highest BCUT2D eigenvalue weighted by Gasteiger charge is 2.54. The number of anilines is 2. The molecule has 5 heterocycles. The maximum Gasteiger partial charge on any atom is 0.410 e. The maximum atomic E-state index is 14.0. The lowest BCUT2D eigenvalue weighted by atomic mass is 9.73. The summed E-state index contributed by atoms with van der Waals surface area (Å²) in [5, 5.41) is 9.20. The van der Waals surface area contributed by atoms with Crippen LogP contribution in [-0.2, 0) is 17.8 Å². The first-order valence-electron chi connectivity index (χ1n) is 11.7. The van der Waals surface area contributed by atoms with Crippen LogP contribution in [0.2, 0.25) is 5.02 Å². The number of amides is 1. The third-order valence-corrected chi connectivity index (χ3v) is 7.13. The Morgan fingerprint density at radius 2 is 1.86 bits per heavy atom. The van der Waals surface area contributed by atoms with Crippen molar-refractivity contribution in [3.8, 4) is 5.69 Å². The standard InChI is InChI=1S/C23H22ClF3N8O2/c24-15-1-2-18-14(3-15)7-32(22(36)37-16(4-25)5-26)8-19-30-31-21(35(18)19)34-11-23(12-34)9-33(10-23)20-17(27)6-28-13-29-20/h1-3,6,13,16H,4-5,7-12H2. The van der Waals surface area contributed by atoms with Crippen LogP contribution in [0.3, 0.4) is 0 Å². The van der Waals surface area contributed by atoms with Gasteiger partial charge < -0.3 is 14.5 Å². The Labute approximate surface area is 214 Å². The second-order valence-electron chi connectivity index (χ2n) is 9.60. The molecule has 2 aromatic heterocycles. The minimum Gasteiger partial charge on any atom is -0.440 e. The molecule has 6 rings (SSSR count). The van der Waals surface area contributed by atoms with Gasteiger partial charge in [0.2, 0.25) is 5.95 Å². The van der Waals surface area contributed by atoms with Crippen LogP contribution in [0.15, 0.2) is 30.7 Å². The van der Waals surface area contributed by atoms with Gasteiger partial charge in [0.15, 0.2) is 23.6 Å². The van der Waals surface area contributed by atoms with E-state index in [1.54, 1.807) is 12.1 Å². The second-order valence-corrected chi connectivity index (χ2v) is 10.0. The lowest BCUT2D eigenvalue weighted by Crippen LogP contribution is -2.73. The van der Waals surface area contributed by atoms with Gasteiger partial charge in [-0.05, 0) is 23.8 Å². The lowest BCUT2D eigenvalue weighted by molar-refractivity contribution is 0.0354. The van der Waals surface area contributed by atoms with Gasteiger partial charge >= 0.3 is 6.09 Å². The van der Waals surface area contributed by atoms with Crippen molar-refractivity contribution in [2.24, 2.45) is 5.41 Å². The van der Waals surface area contributed by atoms with Crippen molar-refractivity contribution >= 4 is 29.5 Å². The molecule has 3 aliphatic heterocycles. The van der Waals surface area contributed by atoms with Crippen LogP contribution in [0.4, 0.5) is 29.7 Å². The zero-order chi connectivity index (χ0) is 25.7. The van der Waals surface area contributed by atoms with E-state index in [-0.39, 0.29) is 18.5 Å². The molecule has 0 saturated carbocycles. The van der Waals surface area contributed by atoms with Crippen molar-refractivity contribution in [3.63, 3.8) is 0 Å². The monoisotopic (exact) mass is 534 g/mol. The highest BCUT2D eigenvalue weighted by Crippen LogP contribution is 2.44. The van der Waals surface area contributed by atoms with E-state index in [1.807, 2.05) is 15.5 Å². The zero-order valence-corrected chi connectivity index (χ0v) is 20.3. The van der Waals surface area contributed by atoms with Crippen LogP contribution in [0.25, 0.3) is 5.69 Å². The van der Waals surface area contributed by atoms with Crippen molar-refractivity contribution in [1.82, 2.24) is 29.6 Å². The van der Waals surface area contributed by atoms with Crippen LogP contribution >= 0.6 is 11.6 Å². The van der Waals surface area contributed by atoms with Gasteiger partial charge in [-0.15, -0.1) is 10.2 Å². The number of carbonyl (C=O) groups excluding carboxylic acids is 1. The molecule has 3 aliphatic rings. The number of alkyl halides is 2. The number of halogens is 4. The third kappa shape index (κ3) is 4.10. The number of hydrogen-bond donors (Lipinski definition) is 0. The van der Waals surface area contributed by atoms with E-state index in [0.29, 0.717) is 54.4 Å². The summed E-state index contributed by atoms with van der Waals surface area (Å²) in [5.74, 6) is 0.941. The third-order valence-electron chi connectivity index (χ3n) is 6.89. The summed E-state index contributed by atoms with van der Waals surface area (Å²) in [6.07, 6.45) is 0.182. The molecule has 3 aromatic rings. The predicted octanol–water partition coefficient (Wildman–Crippen LogP) is 2.94. The summed E-state index contributed by atoms with van der Waals surface area (Å²) >= 11 is 6.24. The molecule has 37 heavy (non-hydrogen) atoms. The molecule has 0 aliphatic carbocycles. The van der Waals surface area contributed by atoms with Crippen LogP contribution in [0.5, 0.6) is 0 Å². The number of ether oxygens (including phenoxy) is 1. The lowest BCUT2D eigenvalue weighted by Gasteiger charge is -2.60. The SMILES string of the molecule is O=C(OC(CF)CF)N1Cc2cc(Cl)ccc2-n2c(nnc2N2CC3(CN(c4ncncc4F)C3)C2)C1. The van der Waals surface area contributed by atoms with Crippen molar-refractivity contribution < 1.29 is 22.7 Å². The van der Waals surface area contributed by atoms with Gasteiger partial charge in [0.25, 0.3) is 0 Å². The van der Waals surface area contributed by atoms with E-state index in [9.17, 15) is 18.0 Å². The Bertz CT molecular complexity index is 1340. The number of benzene rings is 1. The smallest absolute Gasteiger partial charge is 0.410 e.